The fourth-order valence-corrected chi connectivity index (χ4v) is 2.67. The molecule has 3 N–H and O–H groups in total. The summed E-state index contributed by atoms with van der Waals surface area (Å²) in [7, 11) is 0. The van der Waals surface area contributed by atoms with Gasteiger partial charge in [0.05, 0.1) is 6.54 Å². The zero-order valence-corrected chi connectivity index (χ0v) is 13.8. The monoisotopic (exact) mass is 369 g/mol. The Hall–Kier alpha value is -1.60. The van der Waals surface area contributed by atoms with Gasteiger partial charge in [-0.25, -0.2) is 0 Å². The summed E-state index contributed by atoms with van der Waals surface area (Å²) in [5, 5.41) is 2.96. The molecule has 0 saturated carbocycles. The van der Waals surface area contributed by atoms with Crippen LogP contribution in [0, 0.1) is 0 Å². The Labute approximate surface area is 138 Å². The molecule has 1 heterocycles. The molecule has 1 aliphatic heterocycles. The van der Waals surface area contributed by atoms with Crippen LogP contribution in [-0.2, 0) is 9.59 Å². The van der Waals surface area contributed by atoms with Crippen molar-refractivity contribution in [1.82, 2.24) is 10.2 Å². The largest absolute Gasteiger partial charge is 0.484 e. The first-order valence-electron chi connectivity index (χ1n) is 7.21. The summed E-state index contributed by atoms with van der Waals surface area (Å²) in [6, 6.07) is 7.47. The Morgan fingerprint density at radius 2 is 1.91 bits per heavy atom. The highest BCUT2D eigenvalue weighted by Crippen LogP contribution is 2.16. The summed E-state index contributed by atoms with van der Waals surface area (Å²) in [6.07, 6.45) is 1.63. The summed E-state index contributed by atoms with van der Waals surface area (Å²) in [5.74, 6) is 0.219. The number of primary amides is 1. The van der Waals surface area contributed by atoms with Gasteiger partial charge in [-0.05, 0) is 37.1 Å². The number of carbonyl (C=O) groups is 2. The zero-order chi connectivity index (χ0) is 15.9. The minimum absolute atomic E-state index is 0.00311. The van der Waals surface area contributed by atoms with E-state index in [1.54, 1.807) is 12.1 Å². The second kappa shape index (κ2) is 8.14. The smallest absolute Gasteiger partial charge is 0.258 e. The van der Waals surface area contributed by atoms with Crippen molar-refractivity contribution in [2.24, 2.45) is 5.73 Å². The number of ether oxygens (including phenoxy) is 1. The maximum Gasteiger partial charge on any atom is 0.258 e. The lowest BCUT2D eigenvalue weighted by Gasteiger charge is -2.31. The van der Waals surface area contributed by atoms with E-state index < -0.39 is 0 Å². The van der Waals surface area contributed by atoms with Gasteiger partial charge < -0.3 is 15.8 Å². The number of nitrogens with two attached hydrogens (primary N) is 1. The van der Waals surface area contributed by atoms with E-state index in [0.717, 1.165) is 30.4 Å². The molecule has 7 heteroatoms. The molecule has 0 spiro atoms. The Bertz CT molecular complexity index is 513. The number of benzene rings is 1. The molecule has 1 saturated heterocycles. The van der Waals surface area contributed by atoms with E-state index in [9.17, 15) is 9.59 Å². The van der Waals surface area contributed by atoms with Crippen molar-refractivity contribution < 1.29 is 14.3 Å². The number of nitrogens with zero attached hydrogens (tertiary/aromatic N) is 1. The second-order valence-electron chi connectivity index (χ2n) is 5.33. The summed E-state index contributed by atoms with van der Waals surface area (Å²) >= 11 is 3.34. The molecule has 0 unspecified atom stereocenters. The maximum absolute atomic E-state index is 11.9. The Morgan fingerprint density at radius 1 is 1.27 bits per heavy atom. The second-order valence-corrected chi connectivity index (χ2v) is 6.24. The third-order valence-corrected chi connectivity index (χ3v) is 4.04. The molecule has 22 heavy (non-hydrogen) atoms. The molecule has 2 rings (SSSR count). The molecule has 120 valence electrons. The van der Waals surface area contributed by atoms with Gasteiger partial charge in [0, 0.05) is 23.6 Å². The molecule has 1 fully saturated rings. The Kier molecular flexibility index (Phi) is 6.21. The van der Waals surface area contributed by atoms with Crippen molar-refractivity contribution in [3.63, 3.8) is 0 Å². The normalized spacial score (nSPS) is 16.2. The average Bonchev–Trinajstić information content (AvgIpc) is 2.48. The van der Waals surface area contributed by atoms with Gasteiger partial charge >= 0.3 is 0 Å². The van der Waals surface area contributed by atoms with Crippen LogP contribution in [0.5, 0.6) is 5.75 Å². The van der Waals surface area contributed by atoms with Crippen molar-refractivity contribution in [3.8, 4) is 5.75 Å². The number of amides is 2. The predicted octanol–water partition coefficient (Wildman–Crippen LogP) is 0.894. The molecule has 0 aromatic heterocycles. The minimum atomic E-state index is -0.314. The number of halogens is 1. The van der Waals surface area contributed by atoms with Gasteiger partial charge in [-0.15, -0.1) is 0 Å². The standard InChI is InChI=1S/C15H20BrN3O3/c16-11-1-3-13(4-2-11)22-10-15(21)18-12-5-7-19(8-6-12)9-14(17)20/h1-4,12H,5-10H2,(H2,17,20)(H,18,21). The summed E-state index contributed by atoms with van der Waals surface area (Å²) in [4.78, 5) is 24.7. The van der Waals surface area contributed by atoms with Gasteiger partial charge in [0.2, 0.25) is 5.91 Å². The maximum atomic E-state index is 11.9. The van der Waals surface area contributed by atoms with Crippen molar-refractivity contribution in [2.75, 3.05) is 26.2 Å². The number of hydrogen-bond donors (Lipinski definition) is 2. The molecule has 0 atom stereocenters. The molecule has 1 aromatic rings. The van der Waals surface area contributed by atoms with Gasteiger partial charge in [-0.3, -0.25) is 14.5 Å². The van der Waals surface area contributed by atoms with Crippen LogP contribution in [0.1, 0.15) is 12.8 Å². The van der Waals surface area contributed by atoms with E-state index in [-0.39, 0.29) is 31.0 Å². The van der Waals surface area contributed by atoms with Gasteiger partial charge in [-0.1, -0.05) is 15.9 Å². The lowest BCUT2D eigenvalue weighted by atomic mass is 10.1. The van der Waals surface area contributed by atoms with Crippen LogP contribution in [0.3, 0.4) is 0 Å². The van der Waals surface area contributed by atoms with E-state index in [4.69, 9.17) is 10.5 Å². The number of rotatable bonds is 6. The first-order chi connectivity index (χ1) is 10.5. The van der Waals surface area contributed by atoms with Crippen LogP contribution < -0.4 is 15.8 Å². The highest BCUT2D eigenvalue weighted by Gasteiger charge is 2.21. The number of piperidine rings is 1. The lowest BCUT2D eigenvalue weighted by molar-refractivity contribution is -0.124. The van der Waals surface area contributed by atoms with Gasteiger partial charge in [0.1, 0.15) is 5.75 Å². The number of carbonyl (C=O) groups excluding carboxylic acids is 2. The SMILES string of the molecule is NC(=O)CN1CCC(NC(=O)COc2ccc(Br)cc2)CC1. The molecule has 2 amide bonds. The number of likely N-dealkylation sites (tertiary alicyclic amines) is 1. The average molecular weight is 370 g/mol. The highest BCUT2D eigenvalue weighted by molar-refractivity contribution is 9.10. The van der Waals surface area contributed by atoms with Crippen molar-refractivity contribution >= 4 is 27.7 Å². The minimum Gasteiger partial charge on any atom is -0.484 e. The van der Waals surface area contributed by atoms with Crippen molar-refractivity contribution in [3.05, 3.63) is 28.7 Å². The third-order valence-electron chi connectivity index (χ3n) is 3.52. The van der Waals surface area contributed by atoms with E-state index in [0.29, 0.717) is 5.75 Å². The van der Waals surface area contributed by atoms with Crippen LogP contribution >= 0.6 is 15.9 Å². The summed E-state index contributed by atoms with van der Waals surface area (Å²) in [5.41, 5.74) is 5.17. The molecule has 1 aliphatic rings. The van der Waals surface area contributed by atoms with E-state index in [2.05, 4.69) is 21.2 Å². The van der Waals surface area contributed by atoms with Gasteiger partial charge in [0.25, 0.3) is 5.91 Å². The molecule has 6 nitrogen and oxygen atoms in total. The highest BCUT2D eigenvalue weighted by atomic mass is 79.9. The molecule has 1 aromatic carbocycles. The molecular formula is C15H20BrN3O3. The molecule has 0 bridgehead atoms. The van der Waals surface area contributed by atoms with Crippen LogP contribution in [-0.4, -0.2) is 49.0 Å². The van der Waals surface area contributed by atoms with Gasteiger partial charge in [-0.2, -0.15) is 0 Å². The first kappa shape index (κ1) is 16.8. The Morgan fingerprint density at radius 3 is 2.50 bits per heavy atom. The number of hydrogen-bond acceptors (Lipinski definition) is 4. The zero-order valence-electron chi connectivity index (χ0n) is 12.3. The summed E-state index contributed by atoms with van der Waals surface area (Å²) < 4.78 is 6.40. The quantitative estimate of drug-likeness (QED) is 0.779. The van der Waals surface area contributed by atoms with Crippen LogP contribution in [0.4, 0.5) is 0 Å². The van der Waals surface area contributed by atoms with Crippen LogP contribution in [0.25, 0.3) is 0 Å². The van der Waals surface area contributed by atoms with Crippen LogP contribution in [0.2, 0.25) is 0 Å². The molecule has 0 aliphatic carbocycles. The summed E-state index contributed by atoms with van der Waals surface area (Å²) in [6.45, 7) is 1.82. The van der Waals surface area contributed by atoms with E-state index in [1.807, 2.05) is 17.0 Å². The van der Waals surface area contributed by atoms with Crippen molar-refractivity contribution in [1.29, 1.82) is 0 Å². The fourth-order valence-electron chi connectivity index (χ4n) is 2.40. The van der Waals surface area contributed by atoms with E-state index >= 15 is 0 Å². The number of nitrogens with one attached hydrogen (secondary N) is 1. The fraction of sp³-hybridized carbons (Fsp3) is 0.467. The molecular weight excluding hydrogens is 350 g/mol. The third kappa shape index (κ3) is 5.65. The van der Waals surface area contributed by atoms with Gasteiger partial charge in [0.15, 0.2) is 6.61 Å². The molecule has 0 radical (unpaired) electrons. The van der Waals surface area contributed by atoms with E-state index in [1.165, 1.54) is 0 Å². The predicted molar refractivity (Wildman–Crippen MR) is 86.4 cm³/mol. The topological polar surface area (TPSA) is 84.7 Å². The Balaban J connectivity index is 1.67. The van der Waals surface area contributed by atoms with Crippen LogP contribution in [0.15, 0.2) is 28.7 Å². The van der Waals surface area contributed by atoms with Crippen molar-refractivity contribution in [2.45, 2.75) is 18.9 Å². The lowest BCUT2D eigenvalue weighted by Crippen LogP contribution is -2.47. The first-order valence-corrected chi connectivity index (χ1v) is 8.00.